The van der Waals surface area contributed by atoms with Gasteiger partial charge in [0.1, 0.15) is 0 Å². The molecule has 0 saturated heterocycles. The fourth-order valence-corrected chi connectivity index (χ4v) is 1.01. The maximum atomic E-state index is 4.14. The third-order valence-corrected chi connectivity index (χ3v) is 1.40. The molecule has 0 aliphatic heterocycles. The molecule has 0 amide bonds. The first-order valence-corrected chi connectivity index (χ1v) is 3.63. The fourth-order valence-electron chi connectivity index (χ4n) is 0.848. The normalized spacial score (nSPS) is 10.3. The minimum atomic E-state index is 0.893. The lowest BCUT2D eigenvalue weighted by atomic mass is 10.2. The van der Waals surface area contributed by atoms with Crippen LogP contribution in [-0.2, 0) is 6.54 Å². The highest BCUT2D eigenvalue weighted by Crippen LogP contribution is 2.02. The second-order valence-electron chi connectivity index (χ2n) is 2.30. The smallest absolute Gasteiger partial charge is 0.0335 e. The highest BCUT2D eigenvalue weighted by Gasteiger charge is 1.91. The van der Waals surface area contributed by atoms with Crippen LogP contribution in [0.1, 0.15) is 5.56 Å². The summed E-state index contributed by atoms with van der Waals surface area (Å²) in [6.45, 7) is 0.893. The van der Waals surface area contributed by atoms with Crippen LogP contribution in [0.3, 0.4) is 0 Å². The van der Waals surface area contributed by atoms with Gasteiger partial charge in [-0.1, -0.05) is 43.1 Å². The fraction of sp³-hybridized carbons (Fsp3) is 0.250. The van der Waals surface area contributed by atoms with Crippen LogP contribution in [0, 0.1) is 0 Å². The SMILES string of the molecule is CN(S)Cc1ccccc1. The molecule has 1 nitrogen and oxygen atoms in total. The van der Waals surface area contributed by atoms with Gasteiger partial charge in [0.25, 0.3) is 0 Å². The van der Waals surface area contributed by atoms with Crippen LogP contribution in [0.5, 0.6) is 0 Å². The van der Waals surface area contributed by atoms with Crippen LogP contribution in [0.2, 0.25) is 0 Å². The Kier molecular flexibility index (Phi) is 2.78. The lowest BCUT2D eigenvalue weighted by molar-refractivity contribution is 0.572. The van der Waals surface area contributed by atoms with E-state index in [9.17, 15) is 0 Å². The largest absolute Gasteiger partial charge is 0.252 e. The summed E-state index contributed by atoms with van der Waals surface area (Å²) >= 11 is 4.14. The van der Waals surface area contributed by atoms with Crippen LogP contribution in [0.15, 0.2) is 30.3 Å². The van der Waals surface area contributed by atoms with Crippen molar-refractivity contribution >= 4 is 12.8 Å². The molecular weight excluding hydrogens is 142 g/mol. The molecular formula is C8H11NS. The van der Waals surface area contributed by atoms with Gasteiger partial charge >= 0.3 is 0 Å². The highest BCUT2D eigenvalue weighted by molar-refractivity contribution is 7.77. The second kappa shape index (κ2) is 3.64. The van der Waals surface area contributed by atoms with E-state index in [0.717, 1.165) is 6.54 Å². The van der Waals surface area contributed by atoms with E-state index in [1.165, 1.54) is 5.56 Å². The summed E-state index contributed by atoms with van der Waals surface area (Å²) in [5.41, 5.74) is 1.29. The van der Waals surface area contributed by atoms with Crippen molar-refractivity contribution < 1.29 is 0 Å². The molecule has 0 aliphatic rings. The number of rotatable bonds is 2. The van der Waals surface area contributed by atoms with E-state index in [1.807, 2.05) is 29.6 Å². The Morgan fingerprint density at radius 2 is 1.90 bits per heavy atom. The van der Waals surface area contributed by atoms with E-state index in [4.69, 9.17) is 0 Å². The van der Waals surface area contributed by atoms with Gasteiger partial charge in [0, 0.05) is 6.54 Å². The number of hydrogen-bond acceptors (Lipinski definition) is 2. The van der Waals surface area contributed by atoms with Gasteiger partial charge in [-0.2, -0.15) is 0 Å². The zero-order valence-electron chi connectivity index (χ0n) is 5.99. The monoisotopic (exact) mass is 153 g/mol. The zero-order valence-corrected chi connectivity index (χ0v) is 6.88. The topological polar surface area (TPSA) is 3.24 Å². The predicted octanol–water partition coefficient (Wildman–Crippen LogP) is 1.96. The van der Waals surface area contributed by atoms with Crippen LogP contribution >= 0.6 is 12.8 Å². The number of hydrogen-bond donors (Lipinski definition) is 1. The molecule has 1 aromatic carbocycles. The van der Waals surface area contributed by atoms with Gasteiger partial charge in [-0.25, -0.2) is 0 Å². The quantitative estimate of drug-likeness (QED) is 0.636. The first-order valence-electron chi connectivity index (χ1n) is 3.23. The first-order chi connectivity index (χ1) is 4.79. The van der Waals surface area contributed by atoms with Gasteiger partial charge in [0.2, 0.25) is 0 Å². The van der Waals surface area contributed by atoms with E-state index in [-0.39, 0.29) is 0 Å². The number of nitrogens with zero attached hydrogens (tertiary/aromatic N) is 1. The second-order valence-corrected chi connectivity index (χ2v) is 2.98. The summed E-state index contributed by atoms with van der Waals surface area (Å²) < 4.78 is 1.86. The Balaban J connectivity index is 2.59. The maximum Gasteiger partial charge on any atom is 0.0335 e. The Morgan fingerprint density at radius 1 is 1.30 bits per heavy atom. The van der Waals surface area contributed by atoms with E-state index < -0.39 is 0 Å². The van der Waals surface area contributed by atoms with Crippen molar-refractivity contribution in [2.24, 2.45) is 0 Å². The molecule has 54 valence electrons. The third-order valence-electron chi connectivity index (χ3n) is 1.25. The van der Waals surface area contributed by atoms with Crippen LogP contribution in [-0.4, -0.2) is 11.4 Å². The number of thiol groups is 1. The molecule has 0 heterocycles. The van der Waals surface area contributed by atoms with Crippen LogP contribution in [0.4, 0.5) is 0 Å². The number of benzene rings is 1. The van der Waals surface area contributed by atoms with Crippen molar-refractivity contribution in [3.05, 3.63) is 35.9 Å². The van der Waals surface area contributed by atoms with Crippen molar-refractivity contribution in [2.45, 2.75) is 6.54 Å². The molecule has 0 fully saturated rings. The molecule has 1 aromatic rings. The van der Waals surface area contributed by atoms with E-state index in [0.29, 0.717) is 0 Å². The van der Waals surface area contributed by atoms with Crippen molar-refractivity contribution in [1.82, 2.24) is 4.31 Å². The average Bonchev–Trinajstić information content (AvgIpc) is 1.88. The Labute approximate surface area is 67.2 Å². The summed E-state index contributed by atoms with van der Waals surface area (Å²) in [6.07, 6.45) is 0. The predicted molar refractivity (Wildman–Crippen MR) is 46.9 cm³/mol. The minimum absolute atomic E-state index is 0.893. The molecule has 0 unspecified atom stereocenters. The van der Waals surface area contributed by atoms with Gasteiger partial charge < -0.3 is 0 Å². The molecule has 1 rings (SSSR count). The maximum absolute atomic E-state index is 4.14. The van der Waals surface area contributed by atoms with Gasteiger partial charge in [-0.15, -0.1) is 0 Å². The van der Waals surface area contributed by atoms with Crippen molar-refractivity contribution in [2.75, 3.05) is 7.05 Å². The summed E-state index contributed by atoms with van der Waals surface area (Å²) in [5.74, 6) is 0. The molecule has 0 spiro atoms. The Bertz CT molecular complexity index is 184. The Hall–Kier alpha value is -0.470. The summed E-state index contributed by atoms with van der Waals surface area (Å²) in [7, 11) is 1.94. The zero-order chi connectivity index (χ0) is 7.40. The van der Waals surface area contributed by atoms with Gasteiger partial charge in [-0.05, 0) is 12.6 Å². The minimum Gasteiger partial charge on any atom is -0.252 e. The van der Waals surface area contributed by atoms with Gasteiger partial charge in [-0.3, -0.25) is 4.31 Å². The lowest BCUT2D eigenvalue weighted by Gasteiger charge is -2.06. The lowest BCUT2D eigenvalue weighted by Crippen LogP contribution is -2.03. The van der Waals surface area contributed by atoms with E-state index in [2.05, 4.69) is 24.9 Å². The third kappa shape index (κ3) is 2.42. The summed E-state index contributed by atoms with van der Waals surface area (Å²) in [5, 5.41) is 0. The summed E-state index contributed by atoms with van der Waals surface area (Å²) in [6, 6.07) is 10.3. The Morgan fingerprint density at radius 3 is 2.40 bits per heavy atom. The molecule has 0 atom stereocenters. The first kappa shape index (κ1) is 7.63. The molecule has 0 aliphatic carbocycles. The molecule has 0 N–H and O–H groups in total. The van der Waals surface area contributed by atoms with Gasteiger partial charge in [0.15, 0.2) is 0 Å². The van der Waals surface area contributed by atoms with E-state index >= 15 is 0 Å². The molecule has 0 bridgehead atoms. The van der Waals surface area contributed by atoms with Crippen molar-refractivity contribution in [3.8, 4) is 0 Å². The van der Waals surface area contributed by atoms with Crippen molar-refractivity contribution in [3.63, 3.8) is 0 Å². The van der Waals surface area contributed by atoms with Crippen LogP contribution in [0.25, 0.3) is 0 Å². The van der Waals surface area contributed by atoms with Crippen molar-refractivity contribution in [1.29, 1.82) is 0 Å². The molecule has 0 aromatic heterocycles. The van der Waals surface area contributed by atoms with E-state index in [1.54, 1.807) is 0 Å². The summed E-state index contributed by atoms with van der Waals surface area (Å²) in [4.78, 5) is 0. The molecule has 10 heavy (non-hydrogen) atoms. The standard InChI is InChI=1S/C8H11NS/c1-9(10)7-8-5-3-2-4-6-8/h2-6,10H,7H2,1H3. The average molecular weight is 153 g/mol. The highest BCUT2D eigenvalue weighted by atomic mass is 32.1. The molecule has 0 radical (unpaired) electrons. The van der Waals surface area contributed by atoms with Gasteiger partial charge in [0.05, 0.1) is 0 Å². The molecule has 2 heteroatoms. The molecule has 0 saturated carbocycles. The van der Waals surface area contributed by atoms with Crippen LogP contribution < -0.4 is 0 Å².